The molecular weight excluding hydrogens is 296 g/mol. The molecule has 1 aliphatic rings. The molecule has 0 aliphatic carbocycles. The van der Waals surface area contributed by atoms with E-state index in [2.05, 4.69) is 25.2 Å². The molecule has 116 valence electrons. The summed E-state index contributed by atoms with van der Waals surface area (Å²) < 4.78 is 6.04. The Bertz CT molecular complexity index is 693. The molecule has 0 radical (unpaired) electrons. The summed E-state index contributed by atoms with van der Waals surface area (Å²) in [7, 11) is 0. The maximum Gasteiger partial charge on any atom is 0.249 e. The van der Waals surface area contributed by atoms with Crippen molar-refractivity contribution >= 4 is 17.2 Å². The molecule has 0 fully saturated rings. The summed E-state index contributed by atoms with van der Waals surface area (Å²) in [4.78, 5) is 12.3. The fourth-order valence-corrected chi connectivity index (χ4v) is 3.63. The monoisotopic (exact) mass is 316 g/mol. The van der Waals surface area contributed by atoms with Gasteiger partial charge in [0, 0.05) is 34.8 Å². The van der Waals surface area contributed by atoms with E-state index < -0.39 is 0 Å². The van der Waals surface area contributed by atoms with Crippen LogP contribution in [0.15, 0.2) is 35.7 Å². The van der Waals surface area contributed by atoms with Crippen molar-refractivity contribution in [2.45, 2.75) is 38.5 Å². The summed E-state index contributed by atoms with van der Waals surface area (Å²) in [5.41, 5.74) is 6.87. The van der Waals surface area contributed by atoms with E-state index >= 15 is 0 Å². The van der Waals surface area contributed by atoms with Gasteiger partial charge in [0.15, 0.2) is 0 Å². The lowest BCUT2D eigenvalue weighted by atomic mass is 9.90. The fourth-order valence-electron chi connectivity index (χ4n) is 2.81. The van der Waals surface area contributed by atoms with Gasteiger partial charge in [0.25, 0.3) is 0 Å². The SMILES string of the molecule is CC1(C)C[C@H](NCc2cc(C(N)=O)cs2)c2ccccc2O1. The second-order valence-electron chi connectivity index (χ2n) is 6.20. The van der Waals surface area contributed by atoms with Crippen LogP contribution in [0.3, 0.4) is 0 Å². The van der Waals surface area contributed by atoms with Crippen LogP contribution in [0.5, 0.6) is 5.75 Å². The number of hydrogen-bond donors (Lipinski definition) is 2. The largest absolute Gasteiger partial charge is 0.487 e. The molecule has 3 rings (SSSR count). The molecule has 5 heteroatoms. The molecule has 3 N–H and O–H groups in total. The van der Waals surface area contributed by atoms with E-state index in [1.54, 1.807) is 16.7 Å². The van der Waals surface area contributed by atoms with Crippen molar-refractivity contribution < 1.29 is 9.53 Å². The van der Waals surface area contributed by atoms with Gasteiger partial charge in [0.05, 0.1) is 5.56 Å². The van der Waals surface area contributed by atoms with E-state index in [0.717, 1.165) is 17.0 Å². The highest BCUT2D eigenvalue weighted by atomic mass is 32.1. The number of fused-ring (bicyclic) bond motifs is 1. The first-order chi connectivity index (χ1) is 10.4. The Kier molecular flexibility index (Phi) is 3.93. The second-order valence-corrected chi connectivity index (χ2v) is 7.20. The van der Waals surface area contributed by atoms with E-state index in [1.807, 2.05) is 24.3 Å². The maximum atomic E-state index is 11.2. The Hall–Kier alpha value is -1.85. The molecule has 0 unspecified atom stereocenters. The molecule has 0 spiro atoms. The molecule has 1 atom stereocenters. The van der Waals surface area contributed by atoms with Crippen molar-refractivity contribution in [3.8, 4) is 5.75 Å². The van der Waals surface area contributed by atoms with Crippen molar-refractivity contribution in [2.24, 2.45) is 5.73 Å². The van der Waals surface area contributed by atoms with Crippen LogP contribution in [0.4, 0.5) is 0 Å². The van der Waals surface area contributed by atoms with Crippen LogP contribution in [0, 0.1) is 0 Å². The number of ether oxygens (including phenoxy) is 1. The third kappa shape index (κ3) is 3.15. The Morgan fingerprint density at radius 1 is 1.45 bits per heavy atom. The summed E-state index contributed by atoms with van der Waals surface area (Å²) in [5, 5.41) is 5.39. The normalized spacial score (nSPS) is 19.3. The molecule has 1 aliphatic heterocycles. The van der Waals surface area contributed by atoms with Gasteiger partial charge in [0.1, 0.15) is 11.4 Å². The van der Waals surface area contributed by atoms with Crippen molar-refractivity contribution in [1.82, 2.24) is 5.32 Å². The van der Waals surface area contributed by atoms with Crippen LogP contribution in [0.25, 0.3) is 0 Å². The summed E-state index contributed by atoms with van der Waals surface area (Å²) in [5.74, 6) is 0.570. The van der Waals surface area contributed by atoms with Gasteiger partial charge in [-0.15, -0.1) is 11.3 Å². The van der Waals surface area contributed by atoms with Crippen molar-refractivity contribution in [3.05, 3.63) is 51.7 Å². The summed E-state index contributed by atoms with van der Waals surface area (Å²) in [6, 6.07) is 10.2. The Morgan fingerprint density at radius 3 is 2.95 bits per heavy atom. The second kappa shape index (κ2) is 5.74. The van der Waals surface area contributed by atoms with E-state index in [9.17, 15) is 4.79 Å². The standard InChI is InChI=1S/C17H20N2O2S/c1-17(2)8-14(13-5-3-4-6-15(13)21-17)19-9-12-7-11(10-22-12)16(18)20/h3-7,10,14,19H,8-9H2,1-2H3,(H2,18,20)/t14-/m0/s1. The lowest BCUT2D eigenvalue weighted by molar-refractivity contribution is 0.0658. The van der Waals surface area contributed by atoms with Gasteiger partial charge < -0.3 is 15.8 Å². The minimum absolute atomic E-state index is 0.195. The topological polar surface area (TPSA) is 64.3 Å². The van der Waals surface area contributed by atoms with E-state index in [4.69, 9.17) is 10.5 Å². The summed E-state index contributed by atoms with van der Waals surface area (Å²) in [6.45, 7) is 4.93. The molecular formula is C17H20N2O2S. The fraction of sp³-hybridized carbons (Fsp3) is 0.353. The quantitative estimate of drug-likeness (QED) is 0.910. The van der Waals surface area contributed by atoms with Gasteiger partial charge >= 0.3 is 0 Å². The van der Waals surface area contributed by atoms with Crippen LogP contribution in [-0.4, -0.2) is 11.5 Å². The first kappa shape index (κ1) is 15.1. The van der Waals surface area contributed by atoms with Crippen LogP contribution >= 0.6 is 11.3 Å². The van der Waals surface area contributed by atoms with Gasteiger partial charge in [-0.25, -0.2) is 0 Å². The van der Waals surface area contributed by atoms with E-state index in [1.165, 1.54) is 5.56 Å². The number of para-hydroxylation sites is 1. The number of amides is 1. The number of nitrogens with two attached hydrogens (primary N) is 1. The van der Waals surface area contributed by atoms with Crippen LogP contribution in [0.1, 0.15) is 47.1 Å². The minimum Gasteiger partial charge on any atom is -0.487 e. The Balaban J connectivity index is 1.75. The highest BCUT2D eigenvalue weighted by molar-refractivity contribution is 7.10. The molecule has 2 heterocycles. The Labute approximate surface area is 134 Å². The lowest BCUT2D eigenvalue weighted by Gasteiger charge is -2.38. The molecule has 1 amide bonds. The number of rotatable bonds is 4. The third-order valence-corrected chi connectivity index (χ3v) is 4.77. The number of hydrogen-bond acceptors (Lipinski definition) is 4. The smallest absolute Gasteiger partial charge is 0.249 e. The zero-order valence-electron chi connectivity index (χ0n) is 12.8. The number of carbonyl (C=O) groups excluding carboxylic acids is 1. The van der Waals surface area contributed by atoms with Gasteiger partial charge in [-0.1, -0.05) is 18.2 Å². The highest BCUT2D eigenvalue weighted by Gasteiger charge is 2.33. The van der Waals surface area contributed by atoms with E-state index in [-0.39, 0.29) is 17.6 Å². The molecule has 0 bridgehead atoms. The van der Waals surface area contributed by atoms with Crippen molar-refractivity contribution in [2.75, 3.05) is 0 Å². The molecule has 0 saturated carbocycles. The van der Waals surface area contributed by atoms with Gasteiger partial charge in [-0.05, 0) is 26.0 Å². The molecule has 4 nitrogen and oxygen atoms in total. The number of thiophene rings is 1. The van der Waals surface area contributed by atoms with Gasteiger partial charge in [-0.2, -0.15) is 0 Å². The van der Waals surface area contributed by atoms with Crippen LogP contribution < -0.4 is 15.8 Å². The lowest BCUT2D eigenvalue weighted by Crippen LogP contribution is -2.39. The van der Waals surface area contributed by atoms with E-state index in [0.29, 0.717) is 12.1 Å². The molecule has 22 heavy (non-hydrogen) atoms. The molecule has 1 aromatic heterocycles. The number of primary amides is 1. The zero-order valence-corrected chi connectivity index (χ0v) is 13.6. The van der Waals surface area contributed by atoms with Gasteiger partial charge in [0.2, 0.25) is 5.91 Å². The number of nitrogens with one attached hydrogen (secondary N) is 1. The first-order valence-corrected chi connectivity index (χ1v) is 8.21. The average molecular weight is 316 g/mol. The number of carbonyl (C=O) groups is 1. The third-order valence-electron chi connectivity index (χ3n) is 3.84. The molecule has 0 saturated heterocycles. The van der Waals surface area contributed by atoms with Crippen LogP contribution in [0.2, 0.25) is 0 Å². The van der Waals surface area contributed by atoms with Crippen LogP contribution in [-0.2, 0) is 6.54 Å². The minimum atomic E-state index is -0.375. The summed E-state index contributed by atoms with van der Waals surface area (Å²) >= 11 is 1.55. The van der Waals surface area contributed by atoms with Gasteiger partial charge in [-0.3, -0.25) is 4.79 Å². The maximum absolute atomic E-state index is 11.2. The average Bonchev–Trinajstić information content (AvgIpc) is 2.92. The number of benzene rings is 1. The molecule has 1 aromatic carbocycles. The molecule has 2 aromatic rings. The predicted octanol–water partition coefficient (Wildman–Crippen LogP) is 3.24. The zero-order chi connectivity index (χ0) is 15.7. The highest BCUT2D eigenvalue weighted by Crippen LogP contribution is 2.39. The van der Waals surface area contributed by atoms with Crippen molar-refractivity contribution in [3.63, 3.8) is 0 Å². The van der Waals surface area contributed by atoms with Crippen molar-refractivity contribution in [1.29, 1.82) is 0 Å². The first-order valence-electron chi connectivity index (χ1n) is 7.33. The summed E-state index contributed by atoms with van der Waals surface area (Å²) in [6.07, 6.45) is 0.901. The predicted molar refractivity (Wildman–Crippen MR) is 88.2 cm³/mol. The Morgan fingerprint density at radius 2 is 2.23 bits per heavy atom.